The first kappa shape index (κ1) is 41.3. The highest BCUT2D eigenvalue weighted by Crippen LogP contribution is 2.40. The lowest BCUT2D eigenvalue weighted by Gasteiger charge is -2.48. The molecule has 15 heteroatoms. The van der Waals surface area contributed by atoms with E-state index in [9.17, 15) is 29.1 Å². The van der Waals surface area contributed by atoms with Crippen molar-refractivity contribution in [1.82, 2.24) is 4.90 Å². The van der Waals surface area contributed by atoms with Gasteiger partial charge in [-0.05, 0) is 61.1 Å². The molecule has 0 aliphatic carbocycles. The molecule has 2 aliphatic rings. The number of carbonyl (C=O) groups is 5. The summed E-state index contributed by atoms with van der Waals surface area (Å²) in [5.41, 5.74) is 8.87. The third kappa shape index (κ3) is 9.23. The molecule has 0 bridgehead atoms. The van der Waals surface area contributed by atoms with Crippen molar-refractivity contribution in [2.75, 3.05) is 14.1 Å². The minimum Gasteiger partial charge on any atom is -0.458 e. The lowest BCUT2D eigenvalue weighted by molar-refractivity contribution is -0.300. The first-order chi connectivity index (χ1) is 22.1. The molecule has 15 nitrogen and oxygen atoms in total. The van der Waals surface area contributed by atoms with E-state index in [1.165, 1.54) is 27.7 Å². The Morgan fingerprint density at radius 2 is 1.71 bits per heavy atom. The Morgan fingerprint density at radius 1 is 1.10 bits per heavy atom. The zero-order valence-corrected chi connectivity index (χ0v) is 30.2. The van der Waals surface area contributed by atoms with E-state index in [0.29, 0.717) is 6.42 Å². The van der Waals surface area contributed by atoms with E-state index in [2.05, 4.69) is 0 Å². The number of esters is 2. The number of likely N-dealkylation sites (N-methyl/N-ethyl adjacent to an activating group) is 1. The number of cyclic esters (lactones) is 1. The molecule has 1 amide bonds. The molecule has 0 aromatic heterocycles. The Kier molecular flexibility index (Phi) is 14.4. The second-order valence-electron chi connectivity index (χ2n) is 14.1. The Labute approximate surface area is 283 Å². The minimum atomic E-state index is -1.72. The summed E-state index contributed by atoms with van der Waals surface area (Å²) >= 11 is 0. The van der Waals surface area contributed by atoms with E-state index in [1.54, 1.807) is 27.7 Å². The van der Waals surface area contributed by atoms with Gasteiger partial charge in [-0.3, -0.25) is 19.2 Å². The smallest absolute Gasteiger partial charge is 0.405 e. The average Bonchev–Trinajstić information content (AvgIpc) is 2.99. The summed E-state index contributed by atoms with van der Waals surface area (Å²) in [4.78, 5) is 65.9. The number of carbonyl (C=O) groups excluding carboxylic acids is 5. The fourth-order valence-corrected chi connectivity index (χ4v) is 7.30. The number of rotatable bonds is 8. The number of ether oxygens (including phenoxy) is 6. The maximum Gasteiger partial charge on any atom is 0.405 e. The van der Waals surface area contributed by atoms with Gasteiger partial charge in [-0.25, -0.2) is 4.79 Å². The van der Waals surface area contributed by atoms with Crippen molar-refractivity contribution in [3.05, 3.63) is 0 Å². The number of hydrogen-bond donors (Lipinski definition) is 3. The normalized spacial score (nSPS) is 41.9. The van der Waals surface area contributed by atoms with E-state index in [4.69, 9.17) is 39.9 Å². The van der Waals surface area contributed by atoms with Gasteiger partial charge in [0.2, 0.25) is 0 Å². The molecule has 0 spiro atoms. The quantitative estimate of drug-likeness (QED) is 0.188. The Bertz CT molecular complexity index is 1150. The number of aliphatic hydroxyl groups is 1. The molecule has 0 aromatic rings. The molecule has 48 heavy (non-hydrogen) atoms. The predicted octanol–water partition coefficient (Wildman–Crippen LogP) is 1.68. The van der Waals surface area contributed by atoms with Crippen LogP contribution >= 0.6 is 0 Å². The van der Waals surface area contributed by atoms with Crippen LogP contribution in [0.25, 0.3) is 0 Å². The summed E-state index contributed by atoms with van der Waals surface area (Å²) in [6.45, 7) is 14.2. The van der Waals surface area contributed by atoms with E-state index in [0.717, 1.165) is 0 Å². The third-order valence-corrected chi connectivity index (χ3v) is 10.1. The topological polar surface area (TPSA) is 216 Å². The molecule has 0 radical (unpaired) electrons. The SMILES string of the molecule is CC[C@H]1OC(=O)[C@H](C)[C@@H](O)[C@H](C)[C@@H](O[C@@H]2O[C@H](C)C[C@H](N(C)C)[C@H]2OC(C)=O)[C@](C)(OC(N)=O)C[C@@H](C)C(=O)[C@H](C)[C@@H](N)[C@]1(C)OC=O. The lowest BCUT2D eigenvalue weighted by atomic mass is 9.73. The molecule has 2 saturated heterocycles. The number of nitrogens with two attached hydrogens (primary N) is 2. The Morgan fingerprint density at radius 3 is 2.21 bits per heavy atom. The third-order valence-electron chi connectivity index (χ3n) is 10.1. The number of amides is 1. The fourth-order valence-electron chi connectivity index (χ4n) is 7.30. The van der Waals surface area contributed by atoms with Crippen LogP contribution in [-0.2, 0) is 47.6 Å². The first-order valence-corrected chi connectivity index (χ1v) is 16.6. The van der Waals surface area contributed by atoms with Gasteiger partial charge in [0.1, 0.15) is 23.6 Å². The lowest BCUT2D eigenvalue weighted by Crippen LogP contribution is -2.62. The molecule has 0 saturated carbocycles. The largest absolute Gasteiger partial charge is 0.458 e. The Balaban J connectivity index is 2.79. The number of hydrogen-bond acceptors (Lipinski definition) is 14. The van der Waals surface area contributed by atoms with Crippen molar-refractivity contribution in [1.29, 1.82) is 0 Å². The van der Waals surface area contributed by atoms with Gasteiger partial charge in [0.05, 0.1) is 30.2 Å². The second-order valence-corrected chi connectivity index (χ2v) is 14.1. The van der Waals surface area contributed by atoms with Crippen LogP contribution < -0.4 is 11.5 Å². The highest BCUT2D eigenvalue weighted by molar-refractivity contribution is 5.84. The number of primary amides is 1. The van der Waals surface area contributed by atoms with Crippen LogP contribution in [-0.4, -0.2) is 114 Å². The Hall–Kier alpha value is -2.85. The van der Waals surface area contributed by atoms with Crippen molar-refractivity contribution in [3.63, 3.8) is 0 Å². The standard InChI is InChI=1S/C33H57N3O12/c1-12-23-33(9,43-15-37)27(34)18(4)24(39)16(2)14-32(8,48-31(35)42)28(19(5)25(40)20(6)29(41)46-23)47-30-26(45-21(7)38)22(36(10)11)13-17(3)44-30/h15-20,22-23,25-28,30,40H,12-14,34H2,1-11H3,(H2,35,42)/t16-,17-,18+,19+,20-,22+,23-,25+,26-,27-,28-,30+,32-,33-/m1/s1. The summed E-state index contributed by atoms with van der Waals surface area (Å²) in [7, 11) is 3.65. The molecule has 0 unspecified atom stereocenters. The van der Waals surface area contributed by atoms with Crippen molar-refractivity contribution in [2.45, 2.75) is 142 Å². The van der Waals surface area contributed by atoms with Gasteiger partial charge in [0, 0.05) is 24.7 Å². The number of Topliss-reactive ketones (excluding diaryl/α,β-unsaturated/α-hetero) is 1. The summed E-state index contributed by atoms with van der Waals surface area (Å²) < 4.78 is 35.5. The molecule has 2 rings (SSSR count). The average molecular weight is 688 g/mol. The predicted molar refractivity (Wildman–Crippen MR) is 172 cm³/mol. The summed E-state index contributed by atoms with van der Waals surface area (Å²) in [6.07, 6.45) is -7.00. The summed E-state index contributed by atoms with van der Waals surface area (Å²) in [5.74, 6) is -5.74. The van der Waals surface area contributed by atoms with E-state index in [-0.39, 0.29) is 37.2 Å². The van der Waals surface area contributed by atoms with Gasteiger partial charge < -0.3 is 49.9 Å². The molecule has 0 aromatic carbocycles. The highest BCUT2D eigenvalue weighted by Gasteiger charge is 2.54. The number of nitrogens with zero attached hydrogens (tertiary/aromatic N) is 1. The van der Waals surface area contributed by atoms with Gasteiger partial charge in [-0.15, -0.1) is 0 Å². The summed E-state index contributed by atoms with van der Waals surface area (Å²) in [5, 5.41) is 11.7. The van der Waals surface area contributed by atoms with Crippen molar-refractivity contribution in [3.8, 4) is 0 Å². The van der Waals surface area contributed by atoms with Crippen LogP contribution in [0.5, 0.6) is 0 Å². The number of aliphatic hydroxyl groups excluding tert-OH is 1. The van der Waals surface area contributed by atoms with Gasteiger partial charge in [0.15, 0.2) is 18.0 Å². The molecule has 5 N–H and O–H groups in total. The second kappa shape index (κ2) is 16.7. The monoisotopic (exact) mass is 687 g/mol. The van der Waals surface area contributed by atoms with Gasteiger partial charge in [-0.2, -0.15) is 0 Å². The zero-order chi connectivity index (χ0) is 36.9. The van der Waals surface area contributed by atoms with Crippen LogP contribution in [0.1, 0.15) is 81.6 Å². The number of ketones is 1. The van der Waals surface area contributed by atoms with Gasteiger partial charge >= 0.3 is 18.0 Å². The van der Waals surface area contributed by atoms with Gasteiger partial charge in [-0.1, -0.05) is 27.7 Å². The van der Waals surface area contributed by atoms with E-state index in [1.807, 2.05) is 25.9 Å². The van der Waals surface area contributed by atoms with Crippen LogP contribution in [0.3, 0.4) is 0 Å². The van der Waals surface area contributed by atoms with Crippen LogP contribution in [0, 0.1) is 23.7 Å². The maximum atomic E-state index is 14.0. The van der Waals surface area contributed by atoms with Crippen molar-refractivity contribution >= 4 is 30.3 Å². The van der Waals surface area contributed by atoms with Crippen molar-refractivity contribution in [2.24, 2.45) is 35.1 Å². The fraction of sp³-hybridized carbons (Fsp3) is 0.848. The van der Waals surface area contributed by atoms with Gasteiger partial charge in [0.25, 0.3) is 6.47 Å². The molecular weight excluding hydrogens is 630 g/mol. The molecule has 2 fully saturated rings. The molecule has 276 valence electrons. The zero-order valence-electron chi connectivity index (χ0n) is 30.2. The van der Waals surface area contributed by atoms with E-state index >= 15 is 0 Å². The molecule has 14 atom stereocenters. The van der Waals surface area contributed by atoms with Crippen LogP contribution in [0.15, 0.2) is 0 Å². The maximum absolute atomic E-state index is 14.0. The minimum absolute atomic E-state index is 0.160. The molecular formula is C33H57N3O12. The van der Waals surface area contributed by atoms with Crippen LogP contribution in [0.2, 0.25) is 0 Å². The van der Waals surface area contributed by atoms with Crippen LogP contribution in [0.4, 0.5) is 4.79 Å². The van der Waals surface area contributed by atoms with E-state index < -0.39 is 89.7 Å². The highest BCUT2D eigenvalue weighted by atomic mass is 16.7. The molecule has 2 aliphatic heterocycles. The first-order valence-electron chi connectivity index (χ1n) is 16.6. The van der Waals surface area contributed by atoms with Crippen molar-refractivity contribution < 1.29 is 57.5 Å². The molecule has 2 heterocycles. The summed E-state index contributed by atoms with van der Waals surface area (Å²) in [6, 6.07) is -1.47.